The minimum Gasteiger partial charge on any atom is -0.462 e. The van der Waals surface area contributed by atoms with E-state index < -0.39 is 23.0 Å². The molecule has 0 N–H and O–H groups in total. The molecule has 5 fully saturated rings. The van der Waals surface area contributed by atoms with E-state index in [0.717, 1.165) is 18.3 Å². The van der Waals surface area contributed by atoms with Gasteiger partial charge in [-0.25, -0.2) is 0 Å². The maximum atomic E-state index is 13.5. The van der Waals surface area contributed by atoms with Crippen LogP contribution in [0.15, 0.2) is 12.2 Å². The first-order valence-electron chi connectivity index (χ1n) is 14.2. The summed E-state index contributed by atoms with van der Waals surface area (Å²) in [6.45, 7) is 11.0. The Hall–Kier alpha value is -1.85. The van der Waals surface area contributed by atoms with Crippen LogP contribution in [-0.4, -0.2) is 35.2 Å². The van der Waals surface area contributed by atoms with Crippen molar-refractivity contribution in [3.8, 4) is 0 Å². The summed E-state index contributed by atoms with van der Waals surface area (Å²) in [4.78, 5) is 40.0. The quantitative estimate of drug-likeness (QED) is 0.236. The zero-order valence-electron chi connectivity index (χ0n) is 22.6. The number of carbonyl (C=O) groups excluding carboxylic acids is 3. The maximum absolute atomic E-state index is 13.5. The molecule has 0 amide bonds. The average molecular weight is 499 g/mol. The second-order valence-corrected chi connectivity index (χ2v) is 14.6. The van der Waals surface area contributed by atoms with Crippen molar-refractivity contribution in [2.75, 3.05) is 0 Å². The summed E-state index contributed by atoms with van der Waals surface area (Å²) in [6.07, 6.45) is 9.22. The molecule has 12 atom stereocenters. The van der Waals surface area contributed by atoms with Gasteiger partial charge in [0.2, 0.25) is 0 Å². The number of rotatable bonds is 4. The van der Waals surface area contributed by atoms with E-state index >= 15 is 0 Å². The summed E-state index contributed by atoms with van der Waals surface area (Å²) in [5.41, 5.74) is -1.28. The third kappa shape index (κ3) is 3.93. The molecule has 6 bridgehead atoms. The number of hydrogen-bond donors (Lipinski definition) is 0. The zero-order chi connectivity index (χ0) is 25.7. The van der Waals surface area contributed by atoms with Crippen molar-refractivity contribution in [2.45, 2.75) is 91.0 Å². The van der Waals surface area contributed by atoms with Crippen LogP contribution in [0.5, 0.6) is 0 Å². The Labute approximate surface area is 214 Å². The Bertz CT molecular complexity index is 984. The van der Waals surface area contributed by atoms with Crippen LogP contribution in [-0.2, 0) is 28.6 Å². The molecule has 36 heavy (non-hydrogen) atoms. The number of allylic oxidation sites excluding steroid dienone is 2. The van der Waals surface area contributed by atoms with Gasteiger partial charge >= 0.3 is 17.9 Å². The molecule has 0 heterocycles. The van der Waals surface area contributed by atoms with Crippen molar-refractivity contribution < 1.29 is 28.6 Å². The first-order valence-corrected chi connectivity index (χ1v) is 14.2. The molecule has 6 aliphatic rings. The van der Waals surface area contributed by atoms with Crippen molar-refractivity contribution in [3.05, 3.63) is 12.2 Å². The molecule has 6 aliphatic carbocycles. The second-order valence-electron chi connectivity index (χ2n) is 14.6. The van der Waals surface area contributed by atoms with Gasteiger partial charge in [-0.1, -0.05) is 12.2 Å². The highest BCUT2D eigenvalue weighted by Crippen LogP contribution is 2.67. The van der Waals surface area contributed by atoms with Gasteiger partial charge in [0.15, 0.2) is 0 Å². The van der Waals surface area contributed by atoms with E-state index in [1.54, 1.807) is 0 Å². The van der Waals surface area contributed by atoms with Gasteiger partial charge in [0.05, 0.1) is 17.8 Å². The highest BCUT2D eigenvalue weighted by molar-refractivity contribution is 5.84. The van der Waals surface area contributed by atoms with Gasteiger partial charge in [-0.15, -0.1) is 0 Å². The van der Waals surface area contributed by atoms with E-state index in [9.17, 15) is 14.4 Å². The monoisotopic (exact) mass is 498 g/mol. The Balaban J connectivity index is 1.17. The molecule has 198 valence electrons. The summed E-state index contributed by atoms with van der Waals surface area (Å²) < 4.78 is 17.7. The number of carbonyl (C=O) groups is 3. The van der Waals surface area contributed by atoms with Gasteiger partial charge in [-0.05, 0) is 115 Å². The van der Waals surface area contributed by atoms with Crippen LogP contribution in [0.3, 0.4) is 0 Å². The standard InChI is InChI=1S/C30H42O6/c1-29(2,3)35-27(32)24-17-12-20(25(24)28(33)36-30(4,5)6)21(13-17)34-26(31)19-11-16-10-18(19)23-15-8-7-14(9-15)22(16)23/h7-8,14-25H,9-13H2,1-6H3. The van der Waals surface area contributed by atoms with Crippen LogP contribution in [0.1, 0.15) is 73.6 Å². The molecular formula is C30H42O6. The van der Waals surface area contributed by atoms with E-state index in [2.05, 4.69) is 12.2 Å². The SMILES string of the molecule is CC(C)(C)OC(=O)C1C2CC(OC(=O)C3CC4CC3C3C5C=CC(C5)C43)C(C2)C1C(=O)OC(C)(C)C. The van der Waals surface area contributed by atoms with E-state index in [1.165, 1.54) is 12.8 Å². The van der Waals surface area contributed by atoms with E-state index in [4.69, 9.17) is 14.2 Å². The fourth-order valence-corrected chi connectivity index (χ4v) is 9.36. The number of esters is 3. The van der Waals surface area contributed by atoms with Crippen molar-refractivity contribution in [2.24, 2.45) is 65.1 Å². The summed E-state index contributed by atoms with van der Waals surface area (Å²) >= 11 is 0. The molecule has 6 heteroatoms. The highest BCUT2D eigenvalue weighted by atomic mass is 16.6. The average Bonchev–Trinajstić information content (AvgIpc) is 3.57. The molecule has 0 spiro atoms. The summed E-state index contributed by atoms with van der Waals surface area (Å²) in [5.74, 6) is 1.75. The number of fused-ring (bicyclic) bond motifs is 11. The lowest BCUT2D eigenvalue weighted by molar-refractivity contribution is -0.182. The normalized spacial score (nSPS) is 45.7. The molecule has 0 radical (unpaired) electrons. The first kappa shape index (κ1) is 24.5. The number of hydrogen-bond acceptors (Lipinski definition) is 6. The van der Waals surface area contributed by atoms with Gasteiger partial charge in [0.1, 0.15) is 17.3 Å². The third-order valence-corrected chi connectivity index (χ3v) is 10.1. The summed E-state index contributed by atoms with van der Waals surface area (Å²) in [5, 5.41) is 0. The topological polar surface area (TPSA) is 78.9 Å². The van der Waals surface area contributed by atoms with Crippen LogP contribution in [0.4, 0.5) is 0 Å². The molecule has 0 aromatic rings. The molecule has 0 aromatic carbocycles. The molecular weight excluding hydrogens is 456 g/mol. The van der Waals surface area contributed by atoms with Crippen LogP contribution < -0.4 is 0 Å². The van der Waals surface area contributed by atoms with Crippen LogP contribution in [0, 0.1) is 65.1 Å². The molecule has 0 aromatic heterocycles. The second kappa shape index (κ2) is 8.07. The predicted molar refractivity (Wildman–Crippen MR) is 132 cm³/mol. The van der Waals surface area contributed by atoms with E-state index in [-0.39, 0.29) is 41.8 Å². The molecule has 6 rings (SSSR count). The fourth-order valence-electron chi connectivity index (χ4n) is 9.36. The smallest absolute Gasteiger partial charge is 0.310 e. The Morgan fingerprint density at radius 2 is 1.22 bits per heavy atom. The van der Waals surface area contributed by atoms with Crippen LogP contribution >= 0.6 is 0 Å². The largest absolute Gasteiger partial charge is 0.462 e. The van der Waals surface area contributed by atoms with Gasteiger partial charge in [0.25, 0.3) is 0 Å². The lowest BCUT2D eigenvalue weighted by atomic mass is 9.69. The summed E-state index contributed by atoms with van der Waals surface area (Å²) in [6, 6.07) is 0. The lowest BCUT2D eigenvalue weighted by Crippen LogP contribution is -2.46. The summed E-state index contributed by atoms with van der Waals surface area (Å²) in [7, 11) is 0. The predicted octanol–water partition coefficient (Wildman–Crippen LogP) is 4.95. The van der Waals surface area contributed by atoms with Crippen molar-refractivity contribution >= 4 is 17.9 Å². The molecule has 0 saturated heterocycles. The third-order valence-electron chi connectivity index (χ3n) is 10.1. The molecule has 12 unspecified atom stereocenters. The van der Waals surface area contributed by atoms with Crippen molar-refractivity contribution in [1.29, 1.82) is 0 Å². The lowest BCUT2D eigenvalue weighted by Gasteiger charge is -2.38. The van der Waals surface area contributed by atoms with Gasteiger partial charge < -0.3 is 14.2 Å². The molecule has 6 nitrogen and oxygen atoms in total. The van der Waals surface area contributed by atoms with Crippen LogP contribution in [0.25, 0.3) is 0 Å². The first-order chi connectivity index (χ1) is 16.8. The Morgan fingerprint density at radius 3 is 1.86 bits per heavy atom. The minimum atomic E-state index is -0.654. The maximum Gasteiger partial charge on any atom is 0.310 e. The fraction of sp³-hybridized carbons (Fsp3) is 0.833. The van der Waals surface area contributed by atoms with Crippen molar-refractivity contribution in [3.63, 3.8) is 0 Å². The van der Waals surface area contributed by atoms with E-state index in [0.29, 0.717) is 36.5 Å². The Kier molecular flexibility index (Phi) is 5.49. The van der Waals surface area contributed by atoms with Gasteiger partial charge in [0, 0.05) is 5.92 Å². The van der Waals surface area contributed by atoms with E-state index in [1.807, 2.05) is 41.5 Å². The molecule has 0 aliphatic heterocycles. The van der Waals surface area contributed by atoms with Gasteiger partial charge in [-0.3, -0.25) is 14.4 Å². The van der Waals surface area contributed by atoms with Crippen LogP contribution in [0.2, 0.25) is 0 Å². The highest BCUT2D eigenvalue weighted by Gasteiger charge is 2.64. The number of ether oxygens (including phenoxy) is 3. The Morgan fingerprint density at radius 1 is 0.639 bits per heavy atom. The minimum absolute atomic E-state index is 0.00949. The zero-order valence-corrected chi connectivity index (χ0v) is 22.6. The van der Waals surface area contributed by atoms with Gasteiger partial charge in [-0.2, -0.15) is 0 Å². The molecule has 5 saturated carbocycles. The van der Waals surface area contributed by atoms with Crippen molar-refractivity contribution in [1.82, 2.24) is 0 Å².